The van der Waals surface area contributed by atoms with E-state index in [1.54, 1.807) is 12.4 Å². The van der Waals surface area contributed by atoms with Gasteiger partial charge in [0.15, 0.2) is 0 Å². The molecule has 1 fully saturated rings. The van der Waals surface area contributed by atoms with Crippen molar-refractivity contribution < 1.29 is 4.79 Å². The lowest BCUT2D eigenvalue weighted by Crippen LogP contribution is -2.33. The first-order chi connectivity index (χ1) is 13.8. The molecule has 0 spiro atoms. The van der Waals surface area contributed by atoms with Crippen molar-refractivity contribution in [1.82, 2.24) is 24.8 Å². The second-order valence-electron chi connectivity index (χ2n) is 7.25. The van der Waals surface area contributed by atoms with Crippen LogP contribution in [0.25, 0.3) is 16.9 Å². The minimum Gasteiger partial charge on any atom is -0.356 e. The van der Waals surface area contributed by atoms with Gasteiger partial charge in [0.2, 0.25) is 11.9 Å². The van der Waals surface area contributed by atoms with Gasteiger partial charge in [-0.1, -0.05) is 19.3 Å². The average Bonchev–Trinajstić information content (AvgIpc) is 3.18. The molecule has 4 rings (SSSR count). The van der Waals surface area contributed by atoms with Crippen molar-refractivity contribution in [2.45, 2.75) is 38.5 Å². The average molecular weight is 378 g/mol. The molecule has 2 N–H and O–H groups in total. The van der Waals surface area contributed by atoms with E-state index in [-0.39, 0.29) is 11.8 Å². The minimum atomic E-state index is 0.213. The number of carbonyl (C=O) groups is 1. The normalized spacial score (nSPS) is 14.9. The first kappa shape index (κ1) is 18.4. The number of aromatic nitrogens is 4. The highest BCUT2D eigenvalue weighted by molar-refractivity contribution is 5.78. The molecule has 1 amide bonds. The van der Waals surface area contributed by atoms with E-state index in [0.29, 0.717) is 19.0 Å². The van der Waals surface area contributed by atoms with E-state index in [0.717, 1.165) is 36.1 Å². The molecule has 0 atom stereocenters. The fourth-order valence-electron chi connectivity index (χ4n) is 3.73. The summed E-state index contributed by atoms with van der Waals surface area (Å²) < 4.78 is 1.95. The maximum atomic E-state index is 12.1. The molecule has 0 saturated heterocycles. The first-order valence-corrected chi connectivity index (χ1v) is 10.1. The van der Waals surface area contributed by atoms with Gasteiger partial charge in [0.1, 0.15) is 11.5 Å². The smallest absolute Gasteiger partial charge is 0.224 e. The Kier molecular flexibility index (Phi) is 5.80. The van der Waals surface area contributed by atoms with E-state index in [9.17, 15) is 4.79 Å². The highest BCUT2D eigenvalue weighted by Crippen LogP contribution is 2.23. The Labute approximate surface area is 164 Å². The second-order valence-corrected chi connectivity index (χ2v) is 7.25. The Balaban J connectivity index is 1.28. The van der Waals surface area contributed by atoms with Gasteiger partial charge in [0.05, 0.1) is 0 Å². The number of fused-ring (bicyclic) bond motifs is 1. The summed E-state index contributed by atoms with van der Waals surface area (Å²) >= 11 is 0. The number of rotatable bonds is 7. The molecule has 28 heavy (non-hydrogen) atoms. The van der Waals surface area contributed by atoms with E-state index < -0.39 is 0 Å². The maximum absolute atomic E-state index is 12.1. The molecular weight excluding hydrogens is 352 g/mol. The lowest BCUT2D eigenvalue weighted by atomic mass is 9.89. The van der Waals surface area contributed by atoms with Crippen molar-refractivity contribution in [3.05, 3.63) is 42.9 Å². The van der Waals surface area contributed by atoms with Crippen LogP contribution in [0.5, 0.6) is 0 Å². The number of anilines is 1. The zero-order valence-electron chi connectivity index (χ0n) is 16.0. The number of amides is 1. The number of carbonyl (C=O) groups excluding carboxylic acids is 1. The third-order valence-electron chi connectivity index (χ3n) is 5.25. The topological polar surface area (TPSA) is 84.7 Å². The van der Waals surface area contributed by atoms with E-state index in [1.165, 1.54) is 19.3 Å². The van der Waals surface area contributed by atoms with Crippen LogP contribution in [0, 0.1) is 5.92 Å². The third kappa shape index (κ3) is 4.30. The van der Waals surface area contributed by atoms with Crippen LogP contribution in [0.2, 0.25) is 0 Å². The van der Waals surface area contributed by atoms with Gasteiger partial charge in [0, 0.05) is 43.0 Å². The Hall–Kier alpha value is -2.96. The van der Waals surface area contributed by atoms with E-state index in [4.69, 9.17) is 0 Å². The molecule has 0 aliphatic heterocycles. The standard InChI is InChI=1S/C21H26N6O/c28-20(17-6-2-1-3-7-17)23-12-5-13-24-21-25-14-9-18(26-21)27-15-10-16-8-4-11-22-19(16)27/h4,8-11,14-15,17H,1-3,5-7,12-13H2,(H,23,28)(H,24,25,26). The summed E-state index contributed by atoms with van der Waals surface area (Å²) in [6.07, 6.45) is 12.0. The van der Waals surface area contributed by atoms with Crippen LogP contribution < -0.4 is 10.6 Å². The molecule has 1 saturated carbocycles. The zero-order chi connectivity index (χ0) is 19.2. The number of hydrogen-bond donors (Lipinski definition) is 2. The molecule has 1 aliphatic carbocycles. The Morgan fingerprint density at radius 3 is 2.86 bits per heavy atom. The van der Waals surface area contributed by atoms with Crippen LogP contribution in [0.1, 0.15) is 38.5 Å². The van der Waals surface area contributed by atoms with Crippen molar-refractivity contribution in [2.24, 2.45) is 5.92 Å². The van der Waals surface area contributed by atoms with Gasteiger partial charge < -0.3 is 10.6 Å². The molecule has 3 aromatic rings. The zero-order valence-corrected chi connectivity index (χ0v) is 16.0. The van der Waals surface area contributed by atoms with Crippen molar-refractivity contribution in [3.63, 3.8) is 0 Å². The highest BCUT2D eigenvalue weighted by Gasteiger charge is 2.20. The van der Waals surface area contributed by atoms with E-state index in [2.05, 4.69) is 25.6 Å². The summed E-state index contributed by atoms with van der Waals surface area (Å²) in [6, 6.07) is 7.84. The summed E-state index contributed by atoms with van der Waals surface area (Å²) in [5.41, 5.74) is 0.873. The molecule has 0 bridgehead atoms. The third-order valence-corrected chi connectivity index (χ3v) is 5.25. The molecule has 3 heterocycles. The summed E-state index contributed by atoms with van der Waals surface area (Å²) in [4.78, 5) is 25.5. The fraction of sp³-hybridized carbons (Fsp3) is 0.429. The lowest BCUT2D eigenvalue weighted by Gasteiger charge is -2.20. The van der Waals surface area contributed by atoms with E-state index in [1.807, 2.05) is 35.0 Å². The fourth-order valence-corrected chi connectivity index (χ4v) is 3.73. The van der Waals surface area contributed by atoms with Crippen LogP contribution >= 0.6 is 0 Å². The van der Waals surface area contributed by atoms with Gasteiger partial charge in [-0.3, -0.25) is 9.36 Å². The summed E-state index contributed by atoms with van der Waals surface area (Å²) in [7, 11) is 0. The molecular formula is C21H26N6O. The van der Waals surface area contributed by atoms with Crippen LogP contribution in [0.4, 0.5) is 5.95 Å². The van der Waals surface area contributed by atoms with Gasteiger partial charge in [-0.25, -0.2) is 9.97 Å². The maximum Gasteiger partial charge on any atom is 0.224 e. The number of nitrogens with zero attached hydrogens (tertiary/aromatic N) is 4. The first-order valence-electron chi connectivity index (χ1n) is 10.1. The van der Waals surface area contributed by atoms with Gasteiger partial charge in [-0.2, -0.15) is 4.98 Å². The molecule has 146 valence electrons. The summed E-state index contributed by atoms with van der Waals surface area (Å²) in [6.45, 7) is 1.38. The number of nitrogens with one attached hydrogen (secondary N) is 2. The van der Waals surface area contributed by atoms with Crippen molar-refractivity contribution in [2.75, 3.05) is 18.4 Å². The Morgan fingerprint density at radius 2 is 1.96 bits per heavy atom. The van der Waals surface area contributed by atoms with Gasteiger partial charge in [-0.05, 0) is 43.5 Å². The lowest BCUT2D eigenvalue weighted by molar-refractivity contribution is -0.125. The largest absolute Gasteiger partial charge is 0.356 e. The SMILES string of the molecule is O=C(NCCCNc1nccc(-n2ccc3cccnc32)n1)C1CCCCC1. The van der Waals surface area contributed by atoms with Gasteiger partial charge >= 0.3 is 0 Å². The van der Waals surface area contributed by atoms with Crippen molar-refractivity contribution in [1.29, 1.82) is 0 Å². The molecule has 0 unspecified atom stereocenters. The van der Waals surface area contributed by atoms with Gasteiger partial charge in [0.25, 0.3) is 0 Å². The van der Waals surface area contributed by atoms with Crippen LogP contribution in [-0.2, 0) is 4.79 Å². The monoisotopic (exact) mass is 378 g/mol. The number of hydrogen-bond acceptors (Lipinski definition) is 5. The van der Waals surface area contributed by atoms with Gasteiger partial charge in [-0.15, -0.1) is 0 Å². The summed E-state index contributed by atoms with van der Waals surface area (Å²) in [5, 5.41) is 7.37. The molecule has 1 aliphatic rings. The quantitative estimate of drug-likeness (QED) is 0.616. The second kappa shape index (κ2) is 8.82. The van der Waals surface area contributed by atoms with E-state index >= 15 is 0 Å². The van der Waals surface area contributed by atoms with Crippen molar-refractivity contribution >= 4 is 22.9 Å². The molecule has 3 aromatic heterocycles. The molecule has 7 heteroatoms. The van der Waals surface area contributed by atoms with Crippen LogP contribution in [0.3, 0.4) is 0 Å². The summed E-state index contributed by atoms with van der Waals surface area (Å²) in [5.74, 6) is 1.78. The molecule has 0 aromatic carbocycles. The van der Waals surface area contributed by atoms with Crippen LogP contribution in [0.15, 0.2) is 42.9 Å². The number of pyridine rings is 1. The Bertz CT molecular complexity index is 931. The molecule has 7 nitrogen and oxygen atoms in total. The highest BCUT2D eigenvalue weighted by atomic mass is 16.1. The Morgan fingerprint density at radius 1 is 1.07 bits per heavy atom. The molecule has 0 radical (unpaired) electrons. The predicted molar refractivity (Wildman–Crippen MR) is 109 cm³/mol. The van der Waals surface area contributed by atoms with Crippen LogP contribution in [-0.4, -0.2) is 38.5 Å². The predicted octanol–water partition coefficient (Wildman–Crippen LogP) is 3.31. The van der Waals surface area contributed by atoms with Crippen molar-refractivity contribution in [3.8, 4) is 5.82 Å². The minimum absolute atomic E-state index is 0.213.